The molecular weight excluding hydrogens is 392 g/mol. The highest BCUT2D eigenvalue weighted by Crippen LogP contribution is 2.32. The maximum atomic E-state index is 12.2. The van der Waals surface area contributed by atoms with E-state index >= 15 is 0 Å². The van der Waals surface area contributed by atoms with Gasteiger partial charge >= 0.3 is 0 Å². The van der Waals surface area contributed by atoms with Gasteiger partial charge in [-0.25, -0.2) is 5.43 Å². The van der Waals surface area contributed by atoms with Crippen molar-refractivity contribution in [3.8, 4) is 11.1 Å². The maximum absolute atomic E-state index is 12.2. The molecule has 1 saturated carbocycles. The van der Waals surface area contributed by atoms with E-state index in [1.54, 1.807) is 6.08 Å². The van der Waals surface area contributed by atoms with E-state index in [0.717, 1.165) is 22.4 Å². The molecule has 3 nitrogen and oxygen atoms in total. The summed E-state index contributed by atoms with van der Waals surface area (Å²) >= 11 is 0. The molecule has 0 spiro atoms. The summed E-state index contributed by atoms with van der Waals surface area (Å²) in [4.78, 5) is 12.2. The molecule has 0 bridgehead atoms. The predicted octanol–water partition coefficient (Wildman–Crippen LogP) is 6.95. The monoisotopic (exact) mass is 422 g/mol. The Hall–Kier alpha value is -3.46. The third-order valence-corrected chi connectivity index (χ3v) is 6.18. The number of carbonyl (C=O) groups excluding carboxylic acids is 1. The van der Waals surface area contributed by atoms with Gasteiger partial charge in [-0.05, 0) is 59.6 Å². The lowest BCUT2D eigenvalue weighted by molar-refractivity contribution is -0.116. The number of carbonyl (C=O) groups is 1. The molecule has 3 aromatic rings. The third kappa shape index (κ3) is 5.82. The van der Waals surface area contributed by atoms with Crippen LogP contribution in [-0.4, -0.2) is 11.6 Å². The number of hydrogen-bond donors (Lipinski definition) is 1. The minimum atomic E-state index is -0.240. The third-order valence-electron chi connectivity index (χ3n) is 6.18. The molecule has 162 valence electrons. The Morgan fingerprint density at radius 1 is 0.844 bits per heavy atom. The Labute approximate surface area is 190 Å². The molecule has 32 heavy (non-hydrogen) atoms. The largest absolute Gasteiger partial charge is 0.268 e. The van der Waals surface area contributed by atoms with Gasteiger partial charge in [-0.2, -0.15) is 5.10 Å². The van der Waals surface area contributed by atoms with Gasteiger partial charge in [0.2, 0.25) is 0 Å². The van der Waals surface area contributed by atoms with E-state index in [1.165, 1.54) is 49.3 Å². The van der Waals surface area contributed by atoms with Gasteiger partial charge in [-0.3, -0.25) is 4.79 Å². The zero-order valence-electron chi connectivity index (χ0n) is 18.6. The van der Waals surface area contributed by atoms with Gasteiger partial charge in [-0.15, -0.1) is 0 Å². The molecule has 0 radical (unpaired) electrons. The summed E-state index contributed by atoms with van der Waals surface area (Å²) in [5.41, 5.74) is 9.19. The molecule has 0 heterocycles. The van der Waals surface area contributed by atoms with E-state index in [9.17, 15) is 4.79 Å². The van der Waals surface area contributed by atoms with Crippen molar-refractivity contribution in [2.75, 3.05) is 0 Å². The first kappa shape index (κ1) is 21.8. The fourth-order valence-electron chi connectivity index (χ4n) is 4.26. The Balaban J connectivity index is 1.32. The topological polar surface area (TPSA) is 41.5 Å². The molecule has 0 atom stereocenters. The van der Waals surface area contributed by atoms with Crippen LogP contribution in [-0.2, 0) is 4.79 Å². The fraction of sp³-hybridized carbons (Fsp3) is 0.241. The van der Waals surface area contributed by atoms with Gasteiger partial charge in [0.25, 0.3) is 5.91 Å². The van der Waals surface area contributed by atoms with Crippen LogP contribution in [0, 0.1) is 0 Å². The average molecular weight is 423 g/mol. The Bertz CT molecular complexity index is 1070. The van der Waals surface area contributed by atoms with Crippen molar-refractivity contribution in [2.24, 2.45) is 5.10 Å². The van der Waals surface area contributed by atoms with Crippen LogP contribution in [0.2, 0.25) is 0 Å². The number of hydrazone groups is 1. The summed E-state index contributed by atoms with van der Waals surface area (Å²) in [5, 5.41) is 4.27. The van der Waals surface area contributed by atoms with Gasteiger partial charge in [0.1, 0.15) is 0 Å². The highest BCUT2D eigenvalue weighted by molar-refractivity contribution is 6.00. The standard InChI is InChI=1S/C29H30N2O/c1-22(24-17-19-28(20-18-24)26-10-6-3-7-11-26)30-31-29(32)21-14-23-12-15-27(16-13-23)25-8-4-2-5-9-25/h2,4-5,8-9,12-21,26H,3,6-7,10-11H2,1H3,(H,31,32)/b21-14+,30-22+. The Kier molecular flexibility index (Phi) is 7.29. The van der Waals surface area contributed by atoms with Crippen molar-refractivity contribution in [2.45, 2.75) is 44.9 Å². The molecule has 3 heteroatoms. The zero-order chi connectivity index (χ0) is 22.2. The molecule has 1 aliphatic rings. The van der Waals surface area contributed by atoms with Crippen molar-refractivity contribution in [1.82, 2.24) is 5.43 Å². The lowest BCUT2D eigenvalue weighted by Gasteiger charge is -2.22. The molecule has 0 saturated heterocycles. The second-order valence-electron chi connectivity index (χ2n) is 8.45. The van der Waals surface area contributed by atoms with E-state index in [1.807, 2.05) is 37.3 Å². The Morgan fingerprint density at radius 2 is 1.50 bits per heavy atom. The van der Waals surface area contributed by atoms with Crippen LogP contribution in [0.25, 0.3) is 17.2 Å². The van der Waals surface area contributed by atoms with Gasteiger partial charge in [-0.1, -0.05) is 98.1 Å². The molecule has 1 amide bonds. The van der Waals surface area contributed by atoms with Crippen LogP contribution < -0.4 is 5.43 Å². The number of nitrogens with one attached hydrogen (secondary N) is 1. The normalized spacial score (nSPS) is 15.1. The molecule has 0 aliphatic heterocycles. The van der Waals surface area contributed by atoms with Gasteiger partial charge < -0.3 is 0 Å². The summed E-state index contributed by atoms with van der Waals surface area (Å²) in [6, 6.07) is 27.0. The minimum Gasteiger partial charge on any atom is -0.268 e. The van der Waals surface area contributed by atoms with E-state index in [-0.39, 0.29) is 5.91 Å². The van der Waals surface area contributed by atoms with Crippen molar-refractivity contribution in [3.05, 3.63) is 102 Å². The first-order valence-electron chi connectivity index (χ1n) is 11.5. The van der Waals surface area contributed by atoms with Crippen molar-refractivity contribution >= 4 is 17.7 Å². The molecule has 1 N–H and O–H groups in total. The Morgan fingerprint density at radius 3 is 2.19 bits per heavy atom. The summed E-state index contributed by atoms with van der Waals surface area (Å²) in [5.74, 6) is 0.456. The number of benzene rings is 3. The number of nitrogens with zero attached hydrogens (tertiary/aromatic N) is 1. The molecular formula is C29H30N2O. The van der Waals surface area contributed by atoms with E-state index < -0.39 is 0 Å². The van der Waals surface area contributed by atoms with Crippen LogP contribution in [0.3, 0.4) is 0 Å². The van der Waals surface area contributed by atoms with Crippen LogP contribution in [0.5, 0.6) is 0 Å². The quantitative estimate of drug-likeness (QED) is 0.260. The van der Waals surface area contributed by atoms with Crippen LogP contribution in [0.4, 0.5) is 0 Å². The van der Waals surface area contributed by atoms with Crippen molar-refractivity contribution < 1.29 is 4.79 Å². The van der Waals surface area contributed by atoms with E-state index in [4.69, 9.17) is 0 Å². The highest BCUT2D eigenvalue weighted by Gasteiger charge is 2.15. The van der Waals surface area contributed by atoms with E-state index in [0.29, 0.717) is 5.92 Å². The summed E-state index contributed by atoms with van der Waals surface area (Å²) < 4.78 is 0. The summed E-state index contributed by atoms with van der Waals surface area (Å²) in [6.45, 7) is 1.92. The van der Waals surface area contributed by atoms with Crippen LogP contribution in [0.1, 0.15) is 61.6 Å². The minimum absolute atomic E-state index is 0.240. The second-order valence-corrected chi connectivity index (χ2v) is 8.45. The van der Waals surface area contributed by atoms with E-state index in [2.05, 4.69) is 59.1 Å². The molecule has 0 unspecified atom stereocenters. The molecule has 1 aliphatic carbocycles. The molecule has 1 fully saturated rings. The first-order valence-corrected chi connectivity index (χ1v) is 11.5. The highest BCUT2D eigenvalue weighted by atomic mass is 16.2. The molecule has 3 aromatic carbocycles. The van der Waals surface area contributed by atoms with Crippen molar-refractivity contribution in [1.29, 1.82) is 0 Å². The molecule has 0 aromatic heterocycles. The number of amides is 1. The zero-order valence-corrected chi connectivity index (χ0v) is 18.6. The lowest BCUT2D eigenvalue weighted by Crippen LogP contribution is -2.16. The maximum Gasteiger partial charge on any atom is 0.264 e. The number of rotatable bonds is 6. The fourth-order valence-corrected chi connectivity index (χ4v) is 4.26. The second kappa shape index (κ2) is 10.7. The summed E-state index contributed by atoms with van der Waals surface area (Å²) in [6.07, 6.45) is 9.95. The number of hydrogen-bond acceptors (Lipinski definition) is 2. The predicted molar refractivity (Wildman–Crippen MR) is 134 cm³/mol. The SMILES string of the molecule is C/C(=N\NC(=O)/C=C/c1ccc(-c2ccccc2)cc1)c1ccc(C2CCCCC2)cc1. The average Bonchev–Trinajstić information content (AvgIpc) is 2.87. The van der Waals surface area contributed by atoms with Crippen molar-refractivity contribution in [3.63, 3.8) is 0 Å². The lowest BCUT2D eigenvalue weighted by atomic mass is 9.84. The first-order chi connectivity index (χ1) is 15.7. The summed E-state index contributed by atoms with van der Waals surface area (Å²) in [7, 11) is 0. The van der Waals surface area contributed by atoms with Crippen LogP contribution in [0.15, 0.2) is 90.0 Å². The van der Waals surface area contributed by atoms with Gasteiger partial charge in [0.05, 0.1) is 5.71 Å². The van der Waals surface area contributed by atoms with Gasteiger partial charge in [0, 0.05) is 6.08 Å². The molecule has 4 rings (SSSR count). The van der Waals surface area contributed by atoms with Crippen LogP contribution >= 0.6 is 0 Å². The smallest absolute Gasteiger partial charge is 0.264 e. The van der Waals surface area contributed by atoms with Gasteiger partial charge in [0.15, 0.2) is 0 Å².